The highest BCUT2D eigenvalue weighted by atomic mass is 16.5. The predicted octanol–water partition coefficient (Wildman–Crippen LogP) is 3.00. The highest BCUT2D eigenvalue weighted by molar-refractivity contribution is 5.65. The van der Waals surface area contributed by atoms with Gasteiger partial charge in [-0.3, -0.25) is 4.79 Å². The molecule has 0 bridgehead atoms. The molecule has 0 radical (unpaired) electrons. The topological polar surface area (TPSA) is 26.3 Å². The van der Waals surface area contributed by atoms with Crippen molar-refractivity contribution in [2.75, 3.05) is 6.61 Å². The van der Waals surface area contributed by atoms with Gasteiger partial charge in [-0.1, -0.05) is 12.7 Å². The van der Waals surface area contributed by atoms with Crippen LogP contribution in [0.25, 0.3) is 0 Å². The molecule has 0 saturated heterocycles. The van der Waals surface area contributed by atoms with Gasteiger partial charge < -0.3 is 4.74 Å². The van der Waals surface area contributed by atoms with Crippen LogP contribution in [0, 0.1) is 0 Å². The average Bonchev–Trinajstić information content (AvgIpc) is 2.18. The van der Waals surface area contributed by atoms with Crippen LogP contribution < -0.4 is 0 Å². The summed E-state index contributed by atoms with van der Waals surface area (Å²) < 4.78 is 4.88. The fourth-order valence-electron chi connectivity index (χ4n) is 1.64. The third-order valence-electron chi connectivity index (χ3n) is 2.45. The summed E-state index contributed by atoms with van der Waals surface area (Å²) in [6.07, 6.45) is 7.89. The molecule has 1 aliphatic carbocycles. The third kappa shape index (κ3) is 3.77. The number of carbonyl (C=O) groups is 1. The molecule has 0 aromatic carbocycles. The van der Waals surface area contributed by atoms with E-state index in [1.54, 1.807) is 0 Å². The molecule has 0 aromatic heterocycles. The Morgan fingerprint density at radius 2 is 2.36 bits per heavy atom. The normalized spacial score (nSPS) is 15.9. The van der Waals surface area contributed by atoms with E-state index in [4.69, 9.17) is 4.74 Å². The van der Waals surface area contributed by atoms with E-state index in [1.165, 1.54) is 31.8 Å². The minimum absolute atomic E-state index is 0.213. The Kier molecular flexibility index (Phi) is 4.44. The van der Waals surface area contributed by atoms with Gasteiger partial charge in [0.2, 0.25) is 0 Å². The molecule has 0 N–H and O–H groups in total. The first kappa shape index (κ1) is 11.0. The molecular weight excluding hydrogens is 176 g/mol. The fraction of sp³-hybridized carbons (Fsp3) is 0.583. The summed E-state index contributed by atoms with van der Waals surface area (Å²) in [6.45, 7) is 5.91. The monoisotopic (exact) mass is 194 g/mol. The van der Waals surface area contributed by atoms with Gasteiger partial charge in [0.1, 0.15) is 0 Å². The molecule has 0 fully saturated rings. The third-order valence-corrected chi connectivity index (χ3v) is 2.45. The van der Waals surface area contributed by atoms with E-state index >= 15 is 0 Å². The maximum absolute atomic E-state index is 10.5. The molecule has 1 rings (SSSR count). The van der Waals surface area contributed by atoms with E-state index < -0.39 is 0 Å². The van der Waals surface area contributed by atoms with E-state index in [1.807, 2.05) is 0 Å². The second-order valence-corrected chi connectivity index (χ2v) is 3.67. The highest BCUT2D eigenvalue weighted by Crippen LogP contribution is 2.24. The summed E-state index contributed by atoms with van der Waals surface area (Å²) in [6, 6.07) is 0. The van der Waals surface area contributed by atoms with Crippen molar-refractivity contribution < 1.29 is 9.53 Å². The molecule has 78 valence electrons. The lowest BCUT2D eigenvalue weighted by atomic mass is 9.93. The van der Waals surface area contributed by atoms with E-state index in [0.717, 1.165) is 18.4 Å². The second-order valence-electron chi connectivity index (χ2n) is 3.67. The van der Waals surface area contributed by atoms with Crippen LogP contribution in [0.4, 0.5) is 0 Å². The van der Waals surface area contributed by atoms with Crippen LogP contribution in [-0.2, 0) is 9.53 Å². The van der Waals surface area contributed by atoms with Gasteiger partial charge in [-0.15, -0.1) is 0 Å². The highest BCUT2D eigenvalue weighted by Gasteiger charge is 2.07. The van der Waals surface area contributed by atoms with E-state index in [9.17, 15) is 4.79 Å². The lowest BCUT2D eigenvalue weighted by molar-refractivity contribution is -0.140. The van der Waals surface area contributed by atoms with Crippen molar-refractivity contribution in [1.82, 2.24) is 0 Å². The van der Waals surface area contributed by atoms with Gasteiger partial charge in [-0.25, -0.2) is 0 Å². The number of carbonyl (C=O) groups excluding carboxylic acids is 1. The van der Waals surface area contributed by atoms with E-state index in [2.05, 4.69) is 12.7 Å². The van der Waals surface area contributed by atoms with Gasteiger partial charge >= 0.3 is 5.97 Å². The molecule has 0 amide bonds. The van der Waals surface area contributed by atoms with Crippen LogP contribution >= 0.6 is 0 Å². The van der Waals surface area contributed by atoms with Crippen molar-refractivity contribution in [3.63, 3.8) is 0 Å². The molecule has 1 aliphatic rings. The van der Waals surface area contributed by atoms with Gasteiger partial charge in [0, 0.05) is 13.3 Å². The van der Waals surface area contributed by atoms with Crippen LogP contribution in [0.2, 0.25) is 0 Å². The zero-order chi connectivity index (χ0) is 10.4. The zero-order valence-corrected chi connectivity index (χ0v) is 8.84. The van der Waals surface area contributed by atoms with Crippen molar-refractivity contribution in [2.45, 2.75) is 39.0 Å². The summed E-state index contributed by atoms with van der Waals surface area (Å²) in [5.41, 5.74) is 2.49. The Bertz CT molecular complexity index is 251. The number of hydrogen-bond donors (Lipinski definition) is 0. The van der Waals surface area contributed by atoms with Crippen LogP contribution in [0.5, 0.6) is 0 Å². The molecule has 2 heteroatoms. The molecule has 0 atom stereocenters. The Morgan fingerprint density at radius 3 is 2.93 bits per heavy atom. The SMILES string of the molecule is C=C(CCOC(C)=O)C1=CCCCC1. The first-order valence-corrected chi connectivity index (χ1v) is 5.20. The zero-order valence-electron chi connectivity index (χ0n) is 8.84. The van der Waals surface area contributed by atoms with Crippen LogP contribution in [0.15, 0.2) is 23.8 Å². The Morgan fingerprint density at radius 1 is 1.57 bits per heavy atom. The number of rotatable bonds is 4. The van der Waals surface area contributed by atoms with Crippen molar-refractivity contribution in [3.05, 3.63) is 23.8 Å². The van der Waals surface area contributed by atoms with Gasteiger partial charge in [0.05, 0.1) is 6.61 Å². The van der Waals surface area contributed by atoms with E-state index in [-0.39, 0.29) is 5.97 Å². The molecule has 0 spiro atoms. The predicted molar refractivity (Wildman–Crippen MR) is 56.9 cm³/mol. The first-order valence-electron chi connectivity index (χ1n) is 5.20. The minimum Gasteiger partial charge on any atom is -0.466 e. The molecule has 2 nitrogen and oxygen atoms in total. The lowest BCUT2D eigenvalue weighted by Gasteiger charge is -2.14. The van der Waals surface area contributed by atoms with E-state index in [0.29, 0.717) is 6.61 Å². The quantitative estimate of drug-likeness (QED) is 0.643. The summed E-state index contributed by atoms with van der Waals surface area (Å²) in [5, 5.41) is 0. The Balaban J connectivity index is 2.27. The first-order chi connectivity index (χ1) is 6.70. The molecule has 0 saturated carbocycles. The van der Waals surface area contributed by atoms with Gasteiger partial charge in [-0.05, 0) is 36.8 Å². The Hall–Kier alpha value is -1.05. The maximum Gasteiger partial charge on any atom is 0.302 e. The number of allylic oxidation sites excluding steroid dienone is 2. The van der Waals surface area contributed by atoms with Gasteiger partial charge in [0.25, 0.3) is 0 Å². The number of esters is 1. The van der Waals surface area contributed by atoms with Crippen molar-refractivity contribution in [3.8, 4) is 0 Å². The summed E-state index contributed by atoms with van der Waals surface area (Å²) >= 11 is 0. The van der Waals surface area contributed by atoms with Gasteiger partial charge in [-0.2, -0.15) is 0 Å². The fourth-order valence-corrected chi connectivity index (χ4v) is 1.64. The lowest BCUT2D eigenvalue weighted by Crippen LogP contribution is -2.03. The molecule has 0 aliphatic heterocycles. The second kappa shape index (κ2) is 5.63. The smallest absolute Gasteiger partial charge is 0.302 e. The molecular formula is C12H18O2. The molecule has 0 unspecified atom stereocenters. The summed E-state index contributed by atoms with van der Waals surface area (Å²) in [4.78, 5) is 10.5. The van der Waals surface area contributed by atoms with Crippen LogP contribution in [0.3, 0.4) is 0 Å². The van der Waals surface area contributed by atoms with Gasteiger partial charge in [0.15, 0.2) is 0 Å². The van der Waals surface area contributed by atoms with Crippen LogP contribution in [0.1, 0.15) is 39.0 Å². The Labute approximate surface area is 85.6 Å². The molecule has 14 heavy (non-hydrogen) atoms. The number of hydrogen-bond acceptors (Lipinski definition) is 2. The van der Waals surface area contributed by atoms with Crippen molar-refractivity contribution >= 4 is 5.97 Å². The molecule has 0 heterocycles. The maximum atomic E-state index is 10.5. The minimum atomic E-state index is -0.213. The van der Waals surface area contributed by atoms with Crippen molar-refractivity contribution in [2.24, 2.45) is 0 Å². The summed E-state index contributed by atoms with van der Waals surface area (Å²) in [5.74, 6) is -0.213. The number of ether oxygens (including phenoxy) is 1. The van der Waals surface area contributed by atoms with Crippen LogP contribution in [-0.4, -0.2) is 12.6 Å². The van der Waals surface area contributed by atoms with Crippen molar-refractivity contribution in [1.29, 1.82) is 0 Å². The largest absolute Gasteiger partial charge is 0.466 e. The summed E-state index contributed by atoms with van der Waals surface area (Å²) in [7, 11) is 0. The standard InChI is InChI=1S/C12H18O2/c1-10(8-9-14-11(2)13)12-6-4-3-5-7-12/h6H,1,3-5,7-9H2,2H3. The molecule has 0 aromatic rings. The average molecular weight is 194 g/mol.